The van der Waals surface area contributed by atoms with Crippen LogP contribution >= 0.6 is 0 Å². The van der Waals surface area contributed by atoms with Gasteiger partial charge in [-0.25, -0.2) is 9.29 Å². The molecule has 0 radical (unpaired) electrons. The van der Waals surface area contributed by atoms with Gasteiger partial charge in [0.15, 0.2) is 12.1 Å². The van der Waals surface area contributed by atoms with E-state index in [9.17, 15) is 18.8 Å². The maximum absolute atomic E-state index is 13.7. The Hall–Kier alpha value is -3.62. The number of nitrogens with one attached hydrogen (secondary N) is 1. The largest absolute Gasteiger partial charge is 0.322 e. The lowest BCUT2D eigenvalue weighted by Gasteiger charge is -2.20. The summed E-state index contributed by atoms with van der Waals surface area (Å²) in [6.07, 6.45) is 0. The summed E-state index contributed by atoms with van der Waals surface area (Å²) in [6, 6.07) is 12.2. The minimum absolute atomic E-state index is 0.0231. The molecular weight excluding hydrogens is 353 g/mol. The number of para-hydroxylation sites is 2. The van der Waals surface area contributed by atoms with E-state index < -0.39 is 35.6 Å². The molecule has 4 rings (SSSR count). The first kappa shape index (κ1) is 16.8. The van der Waals surface area contributed by atoms with Gasteiger partial charge in [-0.05, 0) is 24.3 Å². The van der Waals surface area contributed by atoms with Crippen molar-refractivity contribution in [2.45, 2.75) is 12.1 Å². The molecule has 2 aromatic rings. The highest BCUT2D eigenvalue weighted by Gasteiger charge is 2.55. The first-order valence-electron chi connectivity index (χ1n) is 8.21. The molecule has 0 unspecified atom stereocenters. The smallest absolute Gasteiger partial charge is 0.263 e. The number of nitrogens with zero attached hydrogens (tertiary/aromatic N) is 4. The first-order valence-corrected chi connectivity index (χ1v) is 8.21. The number of imide groups is 1. The van der Waals surface area contributed by atoms with Crippen molar-refractivity contribution in [3.05, 3.63) is 60.4 Å². The standard InChI is InChI=1S/C18H14FN5O3/c19-12-8-4-5-9-13(12)20-14(25)10-23-16-15(21-22-23)17(26)24(18(16)27)11-6-2-1-3-7-11/h1-9,15-16H,10H2,(H,20,25)/t15-,16-/m0/s1. The molecule has 3 amide bonds. The molecule has 0 aromatic heterocycles. The molecular formula is C18H14FN5O3. The van der Waals surface area contributed by atoms with Crippen LogP contribution in [0, 0.1) is 5.82 Å². The number of hydrogen-bond acceptors (Lipinski definition) is 6. The van der Waals surface area contributed by atoms with Crippen LogP contribution in [0.15, 0.2) is 64.9 Å². The maximum atomic E-state index is 13.7. The van der Waals surface area contributed by atoms with E-state index >= 15 is 0 Å². The Bertz CT molecular complexity index is 949. The van der Waals surface area contributed by atoms with Gasteiger partial charge in [0.05, 0.1) is 11.4 Å². The van der Waals surface area contributed by atoms with Crippen LogP contribution in [0.1, 0.15) is 0 Å². The topological polar surface area (TPSA) is 94.4 Å². The zero-order valence-electron chi connectivity index (χ0n) is 13.9. The Balaban J connectivity index is 1.49. The van der Waals surface area contributed by atoms with Crippen molar-refractivity contribution < 1.29 is 18.8 Å². The highest BCUT2D eigenvalue weighted by atomic mass is 19.1. The molecule has 2 aromatic carbocycles. The van der Waals surface area contributed by atoms with Crippen molar-refractivity contribution in [1.29, 1.82) is 0 Å². The third kappa shape index (κ3) is 2.92. The summed E-state index contributed by atoms with van der Waals surface area (Å²) in [5, 5.41) is 11.2. The summed E-state index contributed by atoms with van der Waals surface area (Å²) in [5.41, 5.74) is 0.461. The quantitative estimate of drug-likeness (QED) is 0.833. The number of amides is 3. The van der Waals surface area contributed by atoms with Crippen LogP contribution in [-0.4, -0.2) is 41.4 Å². The molecule has 1 saturated heterocycles. The number of halogens is 1. The SMILES string of the molecule is O=C(CN1N=N[C@@H]2C(=O)N(c3ccccc3)C(=O)[C@H]21)Nc1ccccc1F. The Morgan fingerprint density at radius 2 is 1.74 bits per heavy atom. The fourth-order valence-corrected chi connectivity index (χ4v) is 3.08. The van der Waals surface area contributed by atoms with E-state index in [-0.39, 0.29) is 12.2 Å². The van der Waals surface area contributed by atoms with Gasteiger partial charge in [0.25, 0.3) is 11.8 Å². The van der Waals surface area contributed by atoms with Gasteiger partial charge in [0.2, 0.25) is 5.91 Å². The van der Waals surface area contributed by atoms with E-state index in [1.807, 2.05) is 0 Å². The molecule has 2 aliphatic heterocycles. The van der Waals surface area contributed by atoms with E-state index in [1.165, 1.54) is 18.2 Å². The molecule has 0 aliphatic carbocycles. The molecule has 9 heteroatoms. The number of rotatable bonds is 4. The second kappa shape index (κ2) is 6.60. The van der Waals surface area contributed by atoms with Gasteiger partial charge < -0.3 is 5.32 Å². The van der Waals surface area contributed by atoms with Crippen LogP contribution in [0.5, 0.6) is 0 Å². The highest BCUT2D eigenvalue weighted by molar-refractivity contribution is 6.25. The third-order valence-electron chi connectivity index (χ3n) is 4.33. The molecule has 2 aliphatic rings. The normalized spacial score (nSPS) is 20.9. The number of carbonyl (C=O) groups excluding carboxylic acids is 3. The van der Waals surface area contributed by atoms with Crippen LogP contribution in [-0.2, 0) is 14.4 Å². The van der Waals surface area contributed by atoms with Gasteiger partial charge in [-0.15, -0.1) is 0 Å². The highest BCUT2D eigenvalue weighted by Crippen LogP contribution is 2.31. The Morgan fingerprint density at radius 1 is 1.04 bits per heavy atom. The van der Waals surface area contributed by atoms with Crippen LogP contribution in [0.2, 0.25) is 0 Å². The average Bonchev–Trinajstić information content (AvgIpc) is 3.18. The van der Waals surface area contributed by atoms with Gasteiger partial charge in [0.1, 0.15) is 12.4 Å². The third-order valence-corrected chi connectivity index (χ3v) is 4.33. The van der Waals surface area contributed by atoms with Crippen LogP contribution in [0.4, 0.5) is 15.8 Å². The summed E-state index contributed by atoms with van der Waals surface area (Å²) in [7, 11) is 0. The average molecular weight is 367 g/mol. The van der Waals surface area contributed by atoms with Gasteiger partial charge in [-0.2, -0.15) is 5.11 Å². The van der Waals surface area contributed by atoms with Crippen molar-refractivity contribution in [3.8, 4) is 0 Å². The summed E-state index contributed by atoms with van der Waals surface area (Å²) in [4.78, 5) is 38.6. The molecule has 8 nitrogen and oxygen atoms in total. The summed E-state index contributed by atoms with van der Waals surface area (Å²) < 4.78 is 13.7. The van der Waals surface area contributed by atoms with Crippen molar-refractivity contribution in [2.24, 2.45) is 10.3 Å². The summed E-state index contributed by atoms with van der Waals surface area (Å²) in [5.74, 6) is -2.14. The Labute approximate surface area is 153 Å². The second-order valence-electron chi connectivity index (χ2n) is 6.07. The van der Waals surface area contributed by atoms with E-state index in [1.54, 1.807) is 36.4 Å². The van der Waals surface area contributed by atoms with Gasteiger partial charge >= 0.3 is 0 Å². The van der Waals surface area contributed by atoms with Crippen LogP contribution in [0.25, 0.3) is 0 Å². The minimum Gasteiger partial charge on any atom is -0.322 e. The molecule has 1 N–H and O–H groups in total. The van der Waals surface area contributed by atoms with Crippen molar-refractivity contribution in [3.63, 3.8) is 0 Å². The zero-order valence-corrected chi connectivity index (χ0v) is 13.9. The molecule has 0 saturated carbocycles. The lowest BCUT2D eigenvalue weighted by Crippen LogP contribution is -2.43. The zero-order chi connectivity index (χ0) is 19.0. The molecule has 1 fully saturated rings. The Morgan fingerprint density at radius 3 is 2.48 bits per heavy atom. The molecule has 2 heterocycles. The minimum atomic E-state index is -0.987. The Kier molecular flexibility index (Phi) is 4.11. The second-order valence-corrected chi connectivity index (χ2v) is 6.07. The predicted molar refractivity (Wildman–Crippen MR) is 93.1 cm³/mol. The van der Waals surface area contributed by atoms with Crippen molar-refractivity contribution in [1.82, 2.24) is 5.01 Å². The van der Waals surface area contributed by atoms with Crippen LogP contribution < -0.4 is 10.2 Å². The number of anilines is 2. The lowest BCUT2D eigenvalue weighted by atomic mass is 10.1. The number of benzene rings is 2. The monoisotopic (exact) mass is 367 g/mol. The van der Waals surface area contributed by atoms with Gasteiger partial charge in [0, 0.05) is 0 Å². The van der Waals surface area contributed by atoms with Crippen molar-refractivity contribution >= 4 is 29.1 Å². The molecule has 136 valence electrons. The molecule has 2 atom stereocenters. The lowest BCUT2D eigenvalue weighted by molar-refractivity contribution is -0.123. The van der Waals surface area contributed by atoms with E-state index in [0.29, 0.717) is 5.69 Å². The fourth-order valence-electron chi connectivity index (χ4n) is 3.08. The predicted octanol–water partition coefficient (Wildman–Crippen LogP) is 1.76. The van der Waals surface area contributed by atoms with Gasteiger partial charge in [-0.1, -0.05) is 35.6 Å². The molecule has 27 heavy (non-hydrogen) atoms. The van der Waals surface area contributed by atoms with E-state index in [0.717, 1.165) is 9.91 Å². The summed E-state index contributed by atoms with van der Waals surface area (Å²) in [6.45, 7) is -0.333. The first-order chi connectivity index (χ1) is 13.1. The molecule has 0 spiro atoms. The molecule has 0 bridgehead atoms. The maximum Gasteiger partial charge on any atom is 0.263 e. The number of fused-ring (bicyclic) bond motifs is 1. The van der Waals surface area contributed by atoms with Gasteiger partial charge in [-0.3, -0.25) is 19.4 Å². The van der Waals surface area contributed by atoms with Crippen molar-refractivity contribution in [2.75, 3.05) is 16.8 Å². The number of carbonyl (C=O) groups is 3. The van der Waals surface area contributed by atoms with Crippen LogP contribution in [0.3, 0.4) is 0 Å². The number of hydrogen-bond donors (Lipinski definition) is 1. The van der Waals surface area contributed by atoms with E-state index in [4.69, 9.17) is 0 Å². The fraction of sp³-hybridized carbons (Fsp3) is 0.167. The van der Waals surface area contributed by atoms with E-state index in [2.05, 4.69) is 15.7 Å². The summed E-state index contributed by atoms with van der Waals surface area (Å²) >= 11 is 0.